The summed E-state index contributed by atoms with van der Waals surface area (Å²) < 4.78 is 43.4. The maximum absolute atomic E-state index is 12.9. The summed E-state index contributed by atoms with van der Waals surface area (Å²) in [5.74, 6) is -0.782. The van der Waals surface area contributed by atoms with Crippen LogP contribution in [0.1, 0.15) is 23.6 Å². The minimum atomic E-state index is -4.71. The summed E-state index contributed by atoms with van der Waals surface area (Å²) in [5, 5.41) is 8.77. The molecule has 0 fully saturated rings. The molecule has 0 atom stereocenters. The molecule has 1 aromatic carbocycles. The molecule has 0 radical (unpaired) electrons. The maximum atomic E-state index is 12.9. The number of esters is 1. The first kappa shape index (κ1) is 15.4. The SMILES string of the molecule is CCOC(=O)Cc1cc(S)cc(C#N)c1C(F)(F)F. The van der Waals surface area contributed by atoms with Crippen molar-refractivity contribution in [2.24, 2.45) is 0 Å². The molecule has 0 bridgehead atoms. The van der Waals surface area contributed by atoms with Crippen molar-refractivity contribution < 1.29 is 22.7 Å². The lowest BCUT2D eigenvalue weighted by molar-refractivity contribution is -0.143. The number of nitriles is 1. The first-order valence-corrected chi connectivity index (χ1v) is 5.73. The zero-order valence-corrected chi connectivity index (χ0v) is 10.8. The van der Waals surface area contributed by atoms with Crippen LogP contribution in [0.5, 0.6) is 0 Å². The van der Waals surface area contributed by atoms with E-state index in [1.54, 1.807) is 6.92 Å². The molecule has 19 heavy (non-hydrogen) atoms. The van der Waals surface area contributed by atoms with Gasteiger partial charge in [0, 0.05) is 4.90 Å². The maximum Gasteiger partial charge on any atom is 0.417 e. The molecule has 0 aliphatic heterocycles. The lowest BCUT2D eigenvalue weighted by Gasteiger charge is -2.14. The molecule has 0 amide bonds. The van der Waals surface area contributed by atoms with Gasteiger partial charge in [0.05, 0.1) is 30.2 Å². The molecular formula is C12H10F3NO2S. The Labute approximate surface area is 113 Å². The van der Waals surface area contributed by atoms with E-state index in [0.29, 0.717) is 0 Å². The minimum absolute atomic E-state index is 0.0753. The molecule has 0 aliphatic rings. The Morgan fingerprint density at radius 3 is 2.58 bits per heavy atom. The lowest BCUT2D eigenvalue weighted by Crippen LogP contribution is -2.16. The van der Waals surface area contributed by atoms with Crippen molar-refractivity contribution in [1.29, 1.82) is 5.26 Å². The van der Waals surface area contributed by atoms with Crippen molar-refractivity contribution in [3.05, 3.63) is 28.8 Å². The third-order valence-electron chi connectivity index (χ3n) is 2.25. The van der Waals surface area contributed by atoms with E-state index in [9.17, 15) is 18.0 Å². The molecule has 0 saturated carbocycles. The van der Waals surface area contributed by atoms with E-state index in [2.05, 4.69) is 17.4 Å². The van der Waals surface area contributed by atoms with Crippen LogP contribution < -0.4 is 0 Å². The molecule has 7 heteroatoms. The predicted molar refractivity (Wildman–Crippen MR) is 63.7 cm³/mol. The number of carbonyl (C=O) groups excluding carboxylic acids is 1. The topological polar surface area (TPSA) is 50.1 Å². The van der Waals surface area contributed by atoms with Crippen LogP contribution in [-0.2, 0) is 22.1 Å². The van der Waals surface area contributed by atoms with Crippen molar-refractivity contribution in [1.82, 2.24) is 0 Å². The Balaban J connectivity index is 3.33. The fourth-order valence-corrected chi connectivity index (χ4v) is 1.90. The van der Waals surface area contributed by atoms with Crippen LogP contribution >= 0.6 is 12.6 Å². The Bertz CT molecular complexity index is 535. The number of hydrogen-bond acceptors (Lipinski definition) is 4. The van der Waals surface area contributed by atoms with Crippen molar-refractivity contribution in [2.45, 2.75) is 24.4 Å². The van der Waals surface area contributed by atoms with Gasteiger partial charge in [0.25, 0.3) is 0 Å². The van der Waals surface area contributed by atoms with Crippen molar-refractivity contribution >= 4 is 18.6 Å². The Kier molecular flexibility index (Phi) is 4.84. The number of rotatable bonds is 3. The molecule has 0 unspecified atom stereocenters. The molecule has 0 spiro atoms. The molecule has 0 aromatic heterocycles. The molecule has 0 heterocycles. The third-order valence-corrected chi connectivity index (χ3v) is 2.51. The highest BCUT2D eigenvalue weighted by molar-refractivity contribution is 7.80. The highest BCUT2D eigenvalue weighted by atomic mass is 32.1. The minimum Gasteiger partial charge on any atom is -0.466 e. The zero-order valence-electron chi connectivity index (χ0n) is 9.91. The van der Waals surface area contributed by atoms with E-state index in [1.165, 1.54) is 6.07 Å². The summed E-state index contributed by atoms with van der Waals surface area (Å²) >= 11 is 3.92. The molecule has 0 aliphatic carbocycles. The van der Waals surface area contributed by atoms with Gasteiger partial charge in [0.2, 0.25) is 0 Å². The van der Waals surface area contributed by atoms with Gasteiger partial charge in [-0.05, 0) is 24.6 Å². The number of ether oxygens (including phenoxy) is 1. The Hall–Kier alpha value is -1.68. The van der Waals surface area contributed by atoms with Crippen LogP contribution in [0.25, 0.3) is 0 Å². The number of nitrogens with zero attached hydrogens (tertiary/aromatic N) is 1. The monoisotopic (exact) mass is 289 g/mol. The number of thiol groups is 1. The largest absolute Gasteiger partial charge is 0.466 e. The molecule has 102 valence electrons. The van der Waals surface area contributed by atoms with Gasteiger partial charge in [-0.3, -0.25) is 4.79 Å². The second-order valence-corrected chi connectivity index (χ2v) is 4.14. The first-order valence-electron chi connectivity index (χ1n) is 5.28. The second kappa shape index (κ2) is 5.97. The van der Waals surface area contributed by atoms with Crippen LogP contribution in [0.4, 0.5) is 13.2 Å². The highest BCUT2D eigenvalue weighted by Crippen LogP contribution is 2.36. The average Bonchev–Trinajstić information content (AvgIpc) is 2.26. The van der Waals surface area contributed by atoms with Gasteiger partial charge in [-0.25, -0.2) is 0 Å². The summed E-state index contributed by atoms with van der Waals surface area (Å²) in [4.78, 5) is 11.5. The van der Waals surface area contributed by atoms with Gasteiger partial charge in [0.1, 0.15) is 0 Å². The summed E-state index contributed by atoms with van der Waals surface area (Å²) in [7, 11) is 0. The molecule has 0 N–H and O–H groups in total. The van der Waals surface area contributed by atoms with E-state index in [4.69, 9.17) is 5.26 Å². The summed E-state index contributed by atoms with van der Waals surface area (Å²) in [6, 6.07) is 3.60. The van der Waals surface area contributed by atoms with Gasteiger partial charge in [-0.2, -0.15) is 18.4 Å². The summed E-state index contributed by atoms with van der Waals surface area (Å²) in [6.07, 6.45) is -5.26. The number of carbonyl (C=O) groups is 1. The third kappa shape index (κ3) is 3.89. The Morgan fingerprint density at radius 1 is 1.47 bits per heavy atom. The molecular weight excluding hydrogens is 279 g/mol. The van der Waals surface area contributed by atoms with Crippen LogP contribution in [0, 0.1) is 11.3 Å². The fourth-order valence-electron chi connectivity index (χ4n) is 1.62. The number of hydrogen-bond donors (Lipinski definition) is 1. The van der Waals surface area contributed by atoms with E-state index in [1.807, 2.05) is 0 Å². The second-order valence-electron chi connectivity index (χ2n) is 3.62. The smallest absolute Gasteiger partial charge is 0.417 e. The molecule has 1 rings (SSSR count). The lowest BCUT2D eigenvalue weighted by atomic mass is 9.99. The van der Waals surface area contributed by atoms with Gasteiger partial charge in [-0.15, -0.1) is 12.6 Å². The number of alkyl halides is 3. The summed E-state index contributed by atoms with van der Waals surface area (Å²) in [5.41, 5.74) is -1.98. The van der Waals surface area contributed by atoms with Gasteiger partial charge in [0.15, 0.2) is 0 Å². The van der Waals surface area contributed by atoms with Crippen molar-refractivity contribution in [3.8, 4) is 6.07 Å². The molecule has 1 aromatic rings. The normalized spacial score (nSPS) is 10.9. The summed E-state index contributed by atoms with van der Waals surface area (Å²) in [6.45, 7) is 1.63. The quantitative estimate of drug-likeness (QED) is 0.687. The predicted octanol–water partition coefficient (Wildman–Crippen LogP) is 2.97. The van der Waals surface area contributed by atoms with Crippen LogP contribution in [-0.4, -0.2) is 12.6 Å². The van der Waals surface area contributed by atoms with E-state index >= 15 is 0 Å². The van der Waals surface area contributed by atoms with Crippen LogP contribution in [0.2, 0.25) is 0 Å². The molecule has 0 saturated heterocycles. The van der Waals surface area contributed by atoms with Crippen LogP contribution in [0.3, 0.4) is 0 Å². The highest BCUT2D eigenvalue weighted by Gasteiger charge is 2.37. The standard InChI is InChI=1S/C12H10F3NO2S/c1-2-18-10(17)5-7-3-9(19)4-8(6-16)11(7)12(13,14)15/h3-4,19H,2,5H2,1H3. The zero-order chi connectivity index (χ0) is 14.6. The Morgan fingerprint density at radius 2 is 2.11 bits per heavy atom. The van der Waals surface area contributed by atoms with E-state index in [-0.39, 0.29) is 17.1 Å². The van der Waals surface area contributed by atoms with Gasteiger partial charge >= 0.3 is 12.1 Å². The first-order chi connectivity index (χ1) is 8.79. The van der Waals surface area contributed by atoms with E-state index in [0.717, 1.165) is 12.1 Å². The number of halogens is 3. The molecule has 3 nitrogen and oxygen atoms in total. The van der Waals surface area contributed by atoms with E-state index < -0.39 is 29.7 Å². The van der Waals surface area contributed by atoms with Crippen LogP contribution in [0.15, 0.2) is 17.0 Å². The van der Waals surface area contributed by atoms with Crippen molar-refractivity contribution in [3.63, 3.8) is 0 Å². The van der Waals surface area contributed by atoms with Gasteiger partial charge < -0.3 is 4.74 Å². The fraction of sp³-hybridized carbons (Fsp3) is 0.333. The van der Waals surface area contributed by atoms with Crippen molar-refractivity contribution in [2.75, 3.05) is 6.61 Å². The average molecular weight is 289 g/mol. The van der Waals surface area contributed by atoms with Gasteiger partial charge in [-0.1, -0.05) is 0 Å². The number of benzene rings is 1.